The number of anilines is 1. The number of hydrogen-bond donors (Lipinski definition) is 3. The number of benzene rings is 1. The minimum absolute atomic E-state index is 0.0420. The molecule has 0 spiro atoms. The summed E-state index contributed by atoms with van der Waals surface area (Å²) < 4.78 is 14.1. The number of nitrogens with one attached hydrogen (secondary N) is 3. The van der Waals surface area contributed by atoms with Crippen LogP contribution in [0.15, 0.2) is 46.1 Å². The standard InChI is InChI=1S/C30H42FN3O2.C2H6/c1-6-9-16-32-22(8-3)18-33-29(35)27(19(4)11-7-2)23-12-10-13-24(20(23)5)28-25-17-21(31)14-15-26(25)34-30(28)36;1-2/h14-15,17,22,32H,6-13,16,18H2,1-5H3,(H,33,35)(H,34,36);1-2H3/b27-19+,28-24-;. The van der Waals surface area contributed by atoms with Crippen LogP contribution in [0.2, 0.25) is 0 Å². The molecule has 3 rings (SSSR count). The molecule has 0 bridgehead atoms. The minimum atomic E-state index is -0.363. The number of allylic oxidation sites excluding steroid dienone is 3. The van der Waals surface area contributed by atoms with Gasteiger partial charge >= 0.3 is 0 Å². The van der Waals surface area contributed by atoms with Gasteiger partial charge < -0.3 is 16.0 Å². The zero-order valence-electron chi connectivity index (χ0n) is 24.6. The Hall–Kier alpha value is -2.73. The molecule has 0 saturated carbocycles. The summed E-state index contributed by atoms with van der Waals surface area (Å²) in [5.74, 6) is -0.604. The highest BCUT2D eigenvalue weighted by atomic mass is 19.1. The summed E-state index contributed by atoms with van der Waals surface area (Å²) in [6.45, 7) is 16.0. The predicted octanol–water partition coefficient (Wildman–Crippen LogP) is 7.46. The molecule has 210 valence electrons. The minimum Gasteiger partial charge on any atom is -0.350 e. The maximum atomic E-state index is 14.1. The lowest BCUT2D eigenvalue weighted by Crippen LogP contribution is -2.41. The van der Waals surface area contributed by atoms with Crippen molar-refractivity contribution >= 4 is 23.1 Å². The molecular formula is C32H48FN3O2. The molecule has 0 aromatic heterocycles. The lowest BCUT2D eigenvalue weighted by Gasteiger charge is -2.26. The molecule has 0 radical (unpaired) electrons. The van der Waals surface area contributed by atoms with E-state index in [-0.39, 0.29) is 23.7 Å². The fourth-order valence-corrected chi connectivity index (χ4v) is 5.30. The molecule has 1 atom stereocenters. The van der Waals surface area contributed by atoms with Crippen molar-refractivity contribution in [3.05, 3.63) is 57.4 Å². The van der Waals surface area contributed by atoms with E-state index in [9.17, 15) is 14.0 Å². The molecule has 38 heavy (non-hydrogen) atoms. The van der Waals surface area contributed by atoms with E-state index in [1.165, 1.54) is 12.1 Å². The SMILES string of the molecule is CC.CCCCNC(CC)CNC(=O)/C(C1=C(C)/C(=C2\C(=O)Nc3ccc(F)cc32)CCC1)=C(\C)CCC. The first-order chi connectivity index (χ1) is 18.3. The van der Waals surface area contributed by atoms with Crippen LogP contribution in [0, 0.1) is 5.82 Å². The Morgan fingerprint density at radius 1 is 1.13 bits per heavy atom. The van der Waals surface area contributed by atoms with Gasteiger partial charge in [-0.25, -0.2) is 4.39 Å². The molecule has 2 aliphatic rings. The quantitative estimate of drug-likeness (QED) is 0.207. The van der Waals surface area contributed by atoms with Gasteiger partial charge in [0, 0.05) is 29.4 Å². The Kier molecular flexibility index (Phi) is 12.9. The topological polar surface area (TPSA) is 70.2 Å². The summed E-state index contributed by atoms with van der Waals surface area (Å²) in [6, 6.07) is 4.64. The van der Waals surface area contributed by atoms with Crippen molar-refractivity contribution in [2.45, 2.75) is 106 Å². The summed E-state index contributed by atoms with van der Waals surface area (Å²) in [7, 11) is 0. The predicted molar refractivity (Wildman–Crippen MR) is 157 cm³/mol. The third-order valence-electron chi connectivity index (χ3n) is 7.33. The number of halogens is 1. The fraction of sp³-hybridized carbons (Fsp3) is 0.562. The molecule has 6 heteroatoms. The number of rotatable bonds is 11. The monoisotopic (exact) mass is 525 g/mol. The highest BCUT2D eigenvalue weighted by molar-refractivity contribution is 6.32. The van der Waals surface area contributed by atoms with E-state index in [0.29, 0.717) is 23.4 Å². The lowest BCUT2D eigenvalue weighted by atomic mass is 9.79. The van der Waals surface area contributed by atoms with Crippen molar-refractivity contribution in [3.63, 3.8) is 0 Å². The van der Waals surface area contributed by atoms with Crippen LogP contribution < -0.4 is 16.0 Å². The van der Waals surface area contributed by atoms with Crippen molar-refractivity contribution < 1.29 is 14.0 Å². The summed E-state index contributed by atoms with van der Waals surface area (Å²) in [4.78, 5) is 26.6. The first kappa shape index (κ1) is 31.5. The molecule has 0 saturated heterocycles. The van der Waals surface area contributed by atoms with Crippen LogP contribution in [0.25, 0.3) is 5.57 Å². The van der Waals surface area contributed by atoms with Crippen LogP contribution in [0.4, 0.5) is 10.1 Å². The van der Waals surface area contributed by atoms with Gasteiger partial charge in [0.25, 0.3) is 11.8 Å². The molecule has 1 unspecified atom stereocenters. The number of carbonyl (C=O) groups excluding carboxylic acids is 2. The Bertz CT molecular complexity index is 1080. The molecule has 1 aromatic rings. The maximum Gasteiger partial charge on any atom is 0.256 e. The van der Waals surface area contributed by atoms with Gasteiger partial charge in [0.15, 0.2) is 0 Å². The van der Waals surface area contributed by atoms with Gasteiger partial charge in [-0.3, -0.25) is 9.59 Å². The number of amides is 2. The molecule has 0 fully saturated rings. The highest BCUT2D eigenvalue weighted by Gasteiger charge is 2.31. The second-order valence-corrected chi connectivity index (χ2v) is 9.98. The van der Waals surface area contributed by atoms with Gasteiger partial charge in [-0.2, -0.15) is 0 Å². The fourth-order valence-electron chi connectivity index (χ4n) is 5.30. The number of hydrogen-bond acceptors (Lipinski definition) is 3. The van der Waals surface area contributed by atoms with Crippen LogP contribution in [0.5, 0.6) is 0 Å². The zero-order valence-corrected chi connectivity index (χ0v) is 24.6. The van der Waals surface area contributed by atoms with Crippen molar-refractivity contribution in [2.24, 2.45) is 0 Å². The van der Waals surface area contributed by atoms with Gasteiger partial charge in [0.1, 0.15) is 5.82 Å². The van der Waals surface area contributed by atoms with Gasteiger partial charge in [0.2, 0.25) is 0 Å². The summed E-state index contributed by atoms with van der Waals surface area (Å²) in [5.41, 5.74) is 6.52. The van der Waals surface area contributed by atoms with E-state index in [0.717, 1.165) is 85.8 Å². The van der Waals surface area contributed by atoms with Crippen molar-refractivity contribution in [1.29, 1.82) is 0 Å². The molecule has 5 nitrogen and oxygen atoms in total. The molecular weight excluding hydrogens is 477 g/mol. The second-order valence-electron chi connectivity index (χ2n) is 9.98. The lowest BCUT2D eigenvalue weighted by molar-refractivity contribution is -0.117. The summed E-state index contributed by atoms with van der Waals surface area (Å²) in [6.07, 6.45) is 7.36. The number of unbranched alkanes of at least 4 members (excludes halogenated alkanes) is 1. The molecule has 2 amide bonds. The molecule has 3 N–H and O–H groups in total. The second kappa shape index (κ2) is 15.6. The largest absolute Gasteiger partial charge is 0.350 e. The van der Waals surface area contributed by atoms with E-state index in [4.69, 9.17) is 0 Å². The first-order valence-corrected chi connectivity index (χ1v) is 14.6. The van der Waals surface area contributed by atoms with Crippen LogP contribution in [0.1, 0.15) is 105 Å². The maximum absolute atomic E-state index is 14.1. The Balaban J connectivity index is 0.00000247. The van der Waals surface area contributed by atoms with Gasteiger partial charge in [-0.15, -0.1) is 0 Å². The number of fused-ring (bicyclic) bond motifs is 1. The Labute approximate surface area is 229 Å². The zero-order chi connectivity index (χ0) is 28.2. The molecule has 1 heterocycles. The highest BCUT2D eigenvalue weighted by Crippen LogP contribution is 2.43. The molecule has 1 aliphatic carbocycles. The normalized spacial score (nSPS) is 18.3. The Morgan fingerprint density at radius 3 is 2.53 bits per heavy atom. The van der Waals surface area contributed by atoms with Crippen LogP contribution >= 0.6 is 0 Å². The molecule has 1 aliphatic heterocycles. The summed E-state index contributed by atoms with van der Waals surface area (Å²) >= 11 is 0. The van der Waals surface area contributed by atoms with Crippen molar-refractivity contribution in [2.75, 3.05) is 18.4 Å². The van der Waals surface area contributed by atoms with E-state index in [1.807, 2.05) is 27.7 Å². The average molecular weight is 526 g/mol. The van der Waals surface area contributed by atoms with Crippen LogP contribution in [-0.2, 0) is 9.59 Å². The van der Waals surface area contributed by atoms with Crippen LogP contribution in [0.3, 0.4) is 0 Å². The number of carbonyl (C=O) groups is 2. The molecule has 1 aromatic carbocycles. The average Bonchev–Trinajstić information content (AvgIpc) is 3.23. The van der Waals surface area contributed by atoms with Gasteiger partial charge in [0.05, 0.1) is 5.57 Å². The van der Waals surface area contributed by atoms with E-state index in [1.54, 1.807) is 6.07 Å². The first-order valence-electron chi connectivity index (χ1n) is 14.6. The summed E-state index contributed by atoms with van der Waals surface area (Å²) in [5, 5.41) is 9.62. The van der Waals surface area contributed by atoms with Crippen LogP contribution in [-0.4, -0.2) is 30.9 Å². The van der Waals surface area contributed by atoms with Crippen molar-refractivity contribution in [1.82, 2.24) is 10.6 Å². The smallest absolute Gasteiger partial charge is 0.256 e. The van der Waals surface area contributed by atoms with E-state index < -0.39 is 0 Å². The Morgan fingerprint density at radius 2 is 1.87 bits per heavy atom. The van der Waals surface area contributed by atoms with Gasteiger partial charge in [-0.1, -0.05) is 53.0 Å². The third-order valence-corrected chi connectivity index (χ3v) is 7.33. The van der Waals surface area contributed by atoms with E-state index in [2.05, 4.69) is 36.7 Å². The van der Waals surface area contributed by atoms with Gasteiger partial charge in [-0.05, 0) is 93.8 Å². The van der Waals surface area contributed by atoms with Crippen molar-refractivity contribution in [3.8, 4) is 0 Å². The third kappa shape index (κ3) is 7.66. The van der Waals surface area contributed by atoms with E-state index >= 15 is 0 Å².